The second-order valence-electron chi connectivity index (χ2n) is 4.21. The number of esters is 1. The second kappa shape index (κ2) is 15.8. The van der Waals surface area contributed by atoms with E-state index in [4.69, 9.17) is 27.4 Å². The van der Waals surface area contributed by atoms with Crippen molar-refractivity contribution in [3.8, 4) is 11.5 Å². The average Bonchev–Trinajstić information content (AvgIpc) is 2.60. The molecule has 24 heavy (non-hydrogen) atoms. The van der Waals surface area contributed by atoms with Crippen molar-refractivity contribution in [2.45, 2.75) is 34.6 Å². The maximum atomic E-state index is 10.9. The average molecular weight is 356 g/mol. The molecule has 0 amide bonds. The van der Waals surface area contributed by atoms with E-state index >= 15 is 0 Å². The van der Waals surface area contributed by atoms with E-state index in [0.717, 1.165) is 5.56 Å². The maximum Gasteiger partial charge on any atom is 0.343 e. The summed E-state index contributed by atoms with van der Waals surface area (Å²) in [4.78, 5) is 11.2. The molecule has 0 aromatic heterocycles. The quantitative estimate of drug-likeness (QED) is 0.475. The van der Waals surface area contributed by atoms with E-state index in [1.807, 2.05) is 46.8 Å². The summed E-state index contributed by atoms with van der Waals surface area (Å²) in [7, 11) is 1.31. The lowest BCUT2D eigenvalue weighted by atomic mass is 10.2. The SMILES string of the molecule is C/C=C\C.CC.COC(=O)COc1ccc(OCC(N)=S)cc1C. The number of nitrogens with two attached hydrogens (primary N) is 1. The topological polar surface area (TPSA) is 70.8 Å². The zero-order chi connectivity index (χ0) is 19.0. The van der Waals surface area contributed by atoms with E-state index in [9.17, 15) is 4.79 Å². The molecule has 1 aromatic rings. The number of allylic oxidation sites excluding steroid dienone is 2. The molecule has 1 rings (SSSR count). The number of hydrogen-bond donors (Lipinski definition) is 1. The predicted octanol–water partition coefficient (Wildman–Crippen LogP) is 3.82. The van der Waals surface area contributed by atoms with Crippen LogP contribution in [0.5, 0.6) is 11.5 Å². The first-order valence-electron chi connectivity index (χ1n) is 7.73. The van der Waals surface area contributed by atoms with Crippen molar-refractivity contribution >= 4 is 23.2 Å². The smallest absolute Gasteiger partial charge is 0.343 e. The second-order valence-corrected chi connectivity index (χ2v) is 4.74. The highest BCUT2D eigenvalue weighted by Gasteiger charge is 2.06. The molecule has 5 nitrogen and oxygen atoms in total. The Morgan fingerprint density at radius 2 is 1.75 bits per heavy atom. The molecule has 0 aliphatic carbocycles. The summed E-state index contributed by atoms with van der Waals surface area (Å²) in [6.07, 6.45) is 4.00. The molecule has 0 atom stereocenters. The number of methoxy groups -OCH3 is 1. The van der Waals surface area contributed by atoms with Crippen LogP contribution in [-0.4, -0.2) is 31.3 Å². The molecule has 0 fully saturated rings. The van der Waals surface area contributed by atoms with Gasteiger partial charge >= 0.3 is 5.97 Å². The van der Waals surface area contributed by atoms with Gasteiger partial charge in [-0.2, -0.15) is 0 Å². The van der Waals surface area contributed by atoms with Crippen LogP contribution < -0.4 is 15.2 Å². The van der Waals surface area contributed by atoms with E-state index in [1.165, 1.54) is 7.11 Å². The molecular weight excluding hydrogens is 326 g/mol. The van der Waals surface area contributed by atoms with E-state index in [2.05, 4.69) is 4.74 Å². The number of ether oxygens (including phenoxy) is 3. The Kier molecular flexibility index (Phi) is 15.9. The number of carbonyl (C=O) groups excluding carboxylic acids is 1. The lowest BCUT2D eigenvalue weighted by molar-refractivity contribution is -0.142. The van der Waals surface area contributed by atoms with Crippen molar-refractivity contribution in [3.63, 3.8) is 0 Å². The molecule has 0 aliphatic rings. The van der Waals surface area contributed by atoms with E-state index in [-0.39, 0.29) is 13.2 Å². The number of carbonyl (C=O) groups is 1. The van der Waals surface area contributed by atoms with Crippen molar-refractivity contribution in [1.29, 1.82) is 0 Å². The van der Waals surface area contributed by atoms with Crippen LogP contribution in [0.15, 0.2) is 30.4 Å². The molecule has 2 N–H and O–H groups in total. The lowest BCUT2D eigenvalue weighted by Gasteiger charge is -2.10. The minimum absolute atomic E-state index is 0.121. The van der Waals surface area contributed by atoms with Crippen molar-refractivity contribution < 1.29 is 19.0 Å². The Bertz CT molecular complexity index is 512. The van der Waals surface area contributed by atoms with Crippen LogP contribution in [0.25, 0.3) is 0 Å². The number of rotatable bonds is 6. The molecule has 136 valence electrons. The molecule has 0 unspecified atom stereocenters. The number of hydrogen-bond acceptors (Lipinski definition) is 5. The van der Waals surface area contributed by atoms with E-state index in [0.29, 0.717) is 16.5 Å². The third-order valence-electron chi connectivity index (χ3n) is 2.43. The van der Waals surface area contributed by atoms with Gasteiger partial charge in [-0.15, -0.1) is 0 Å². The minimum Gasteiger partial charge on any atom is -0.486 e. The minimum atomic E-state index is -0.428. The van der Waals surface area contributed by atoms with Crippen molar-refractivity contribution in [3.05, 3.63) is 35.9 Å². The molecule has 1 aromatic carbocycles. The summed E-state index contributed by atoms with van der Waals surface area (Å²) in [5, 5.41) is 0. The van der Waals surface area contributed by atoms with Gasteiger partial charge in [-0.3, -0.25) is 0 Å². The third kappa shape index (κ3) is 12.5. The fourth-order valence-electron chi connectivity index (χ4n) is 1.22. The van der Waals surface area contributed by atoms with Gasteiger partial charge in [0, 0.05) is 0 Å². The fraction of sp³-hybridized carbons (Fsp3) is 0.444. The van der Waals surface area contributed by atoms with Crippen LogP contribution >= 0.6 is 12.2 Å². The summed E-state index contributed by atoms with van der Waals surface area (Å²) in [5.41, 5.74) is 6.18. The Hall–Kier alpha value is -2.08. The van der Waals surface area contributed by atoms with Gasteiger partial charge in [0.15, 0.2) is 6.61 Å². The predicted molar refractivity (Wildman–Crippen MR) is 103 cm³/mol. The summed E-state index contributed by atoms with van der Waals surface area (Å²) in [5.74, 6) is 0.817. The number of thiocarbonyl (C=S) groups is 1. The first-order chi connectivity index (χ1) is 11.4. The summed E-state index contributed by atoms with van der Waals surface area (Å²) in [6.45, 7) is 9.92. The molecular formula is C18H29NO4S. The highest BCUT2D eigenvalue weighted by atomic mass is 32.1. The number of aryl methyl sites for hydroxylation is 1. The largest absolute Gasteiger partial charge is 0.486 e. The van der Waals surface area contributed by atoms with E-state index in [1.54, 1.807) is 18.2 Å². The normalized spacial score (nSPS) is 9.08. The van der Waals surface area contributed by atoms with Gasteiger partial charge < -0.3 is 19.9 Å². The molecule has 0 bridgehead atoms. The first kappa shape index (κ1) is 24.2. The summed E-state index contributed by atoms with van der Waals surface area (Å²) in [6, 6.07) is 5.22. The van der Waals surface area contributed by atoms with Crippen LogP contribution in [-0.2, 0) is 9.53 Å². The molecule has 0 spiro atoms. The van der Waals surface area contributed by atoms with Crippen LogP contribution in [0.4, 0.5) is 0 Å². The Labute approximate surface area is 150 Å². The molecule has 0 saturated heterocycles. The molecule has 0 aliphatic heterocycles. The highest BCUT2D eigenvalue weighted by molar-refractivity contribution is 7.80. The standard InChI is InChI=1S/C12H15NO4S.C4H8.C2H6/c1-8-5-9(16-6-11(13)18)3-4-10(8)17-7-12(14)15-2;1-3-4-2;1-2/h3-5H,6-7H2,1-2H3,(H2,13,18);3-4H,1-2H3;1-2H3/b;4-3-;. The van der Waals surface area contributed by atoms with Gasteiger partial charge in [0.2, 0.25) is 0 Å². The van der Waals surface area contributed by atoms with Gasteiger partial charge in [-0.25, -0.2) is 4.79 Å². The lowest BCUT2D eigenvalue weighted by Crippen LogP contribution is -2.17. The van der Waals surface area contributed by atoms with Gasteiger partial charge in [-0.05, 0) is 44.5 Å². The number of benzene rings is 1. The zero-order valence-electron chi connectivity index (χ0n) is 15.4. The van der Waals surface area contributed by atoms with E-state index < -0.39 is 5.97 Å². The molecule has 6 heteroatoms. The van der Waals surface area contributed by atoms with Crippen LogP contribution in [0.2, 0.25) is 0 Å². The van der Waals surface area contributed by atoms with Crippen molar-refractivity contribution in [1.82, 2.24) is 0 Å². The first-order valence-corrected chi connectivity index (χ1v) is 8.14. The molecule has 0 saturated carbocycles. The fourth-order valence-corrected chi connectivity index (χ4v) is 1.28. The van der Waals surface area contributed by atoms with Crippen LogP contribution in [0.1, 0.15) is 33.3 Å². The van der Waals surface area contributed by atoms with Gasteiger partial charge in [0.1, 0.15) is 23.1 Å². The zero-order valence-corrected chi connectivity index (χ0v) is 16.2. The Morgan fingerprint density at radius 3 is 2.17 bits per heavy atom. The Morgan fingerprint density at radius 1 is 1.17 bits per heavy atom. The summed E-state index contributed by atoms with van der Waals surface area (Å²) < 4.78 is 15.1. The van der Waals surface area contributed by atoms with Crippen LogP contribution in [0, 0.1) is 6.92 Å². The van der Waals surface area contributed by atoms with Crippen molar-refractivity contribution in [2.24, 2.45) is 5.73 Å². The summed E-state index contributed by atoms with van der Waals surface area (Å²) >= 11 is 4.71. The molecule has 0 radical (unpaired) electrons. The van der Waals surface area contributed by atoms with Crippen LogP contribution in [0.3, 0.4) is 0 Å². The van der Waals surface area contributed by atoms with Gasteiger partial charge in [0.05, 0.1) is 7.11 Å². The van der Waals surface area contributed by atoms with Crippen molar-refractivity contribution in [2.75, 3.05) is 20.3 Å². The Balaban J connectivity index is 0. The monoisotopic (exact) mass is 355 g/mol. The highest BCUT2D eigenvalue weighted by Crippen LogP contribution is 2.23. The third-order valence-corrected chi connectivity index (χ3v) is 2.55. The van der Waals surface area contributed by atoms with Gasteiger partial charge in [-0.1, -0.05) is 38.2 Å². The van der Waals surface area contributed by atoms with Gasteiger partial charge in [0.25, 0.3) is 0 Å². The molecule has 0 heterocycles. The maximum absolute atomic E-state index is 10.9.